The van der Waals surface area contributed by atoms with E-state index < -0.39 is 12.1 Å². The van der Waals surface area contributed by atoms with Crippen molar-refractivity contribution in [3.05, 3.63) is 0 Å². The molecule has 3 amide bonds. The molecule has 4 rings (SSSR count). The summed E-state index contributed by atoms with van der Waals surface area (Å²) in [6.45, 7) is 0. The molecular weight excluding hydrogens is 220 g/mol. The van der Waals surface area contributed by atoms with Crippen molar-refractivity contribution in [2.75, 3.05) is 0 Å². The number of rotatable bonds is 1. The van der Waals surface area contributed by atoms with Crippen molar-refractivity contribution >= 4 is 12.1 Å². The number of urea groups is 1. The van der Waals surface area contributed by atoms with Crippen molar-refractivity contribution in [2.45, 2.75) is 44.1 Å². The van der Waals surface area contributed by atoms with Crippen LogP contribution in [0.2, 0.25) is 0 Å². The van der Waals surface area contributed by atoms with Crippen LogP contribution in [0.3, 0.4) is 0 Å². The number of nitrogens with one attached hydrogen (secondary N) is 1. The number of primary amides is 1. The monoisotopic (exact) mass is 238 g/mol. The van der Waals surface area contributed by atoms with Gasteiger partial charge in [0.25, 0.3) is 0 Å². The molecule has 4 bridgehead atoms. The Morgan fingerprint density at radius 1 is 1.06 bits per heavy atom. The van der Waals surface area contributed by atoms with Crippen LogP contribution in [0.5, 0.6) is 0 Å². The lowest BCUT2D eigenvalue weighted by Crippen LogP contribution is -2.54. The van der Waals surface area contributed by atoms with Gasteiger partial charge >= 0.3 is 12.1 Å². The average Bonchev–Trinajstić information content (AvgIpc) is 2.11. The molecule has 0 unspecified atom stereocenters. The second kappa shape index (κ2) is 3.62. The molecule has 5 heteroatoms. The first-order valence-corrected chi connectivity index (χ1v) is 6.34. The van der Waals surface area contributed by atoms with E-state index in [4.69, 9.17) is 10.5 Å². The normalized spacial score (nSPS) is 42.2. The van der Waals surface area contributed by atoms with Gasteiger partial charge in [-0.2, -0.15) is 0 Å². The van der Waals surface area contributed by atoms with E-state index in [9.17, 15) is 9.59 Å². The van der Waals surface area contributed by atoms with E-state index in [0.29, 0.717) is 17.8 Å². The lowest BCUT2D eigenvalue weighted by Gasteiger charge is -2.55. The van der Waals surface area contributed by atoms with E-state index in [-0.39, 0.29) is 5.60 Å². The molecule has 0 aromatic rings. The van der Waals surface area contributed by atoms with Crippen molar-refractivity contribution in [3.63, 3.8) is 0 Å². The fourth-order valence-electron chi connectivity index (χ4n) is 4.48. The van der Waals surface area contributed by atoms with Gasteiger partial charge in [-0.25, -0.2) is 14.9 Å². The molecule has 0 heterocycles. The molecule has 17 heavy (non-hydrogen) atoms. The van der Waals surface area contributed by atoms with Gasteiger partial charge in [-0.15, -0.1) is 0 Å². The molecular formula is C12H18N2O3. The van der Waals surface area contributed by atoms with Crippen LogP contribution in [0.1, 0.15) is 38.5 Å². The van der Waals surface area contributed by atoms with E-state index in [0.717, 1.165) is 19.3 Å². The van der Waals surface area contributed by atoms with E-state index >= 15 is 0 Å². The zero-order valence-corrected chi connectivity index (χ0v) is 9.78. The Morgan fingerprint density at radius 2 is 1.53 bits per heavy atom. The van der Waals surface area contributed by atoms with E-state index in [1.54, 1.807) is 0 Å². The summed E-state index contributed by atoms with van der Waals surface area (Å²) in [5, 5.41) is 2.00. The van der Waals surface area contributed by atoms with Crippen LogP contribution in [0.15, 0.2) is 0 Å². The number of amides is 3. The number of carbonyl (C=O) groups is 2. The van der Waals surface area contributed by atoms with Crippen molar-refractivity contribution in [1.82, 2.24) is 5.32 Å². The molecule has 4 aliphatic rings. The van der Waals surface area contributed by atoms with Gasteiger partial charge in [0.05, 0.1) is 0 Å². The highest BCUT2D eigenvalue weighted by Gasteiger charge is 2.53. The first-order chi connectivity index (χ1) is 8.05. The van der Waals surface area contributed by atoms with Gasteiger partial charge in [0, 0.05) is 0 Å². The molecule has 3 N–H and O–H groups in total. The smallest absolute Gasteiger partial charge is 0.415 e. The molecule has 0 aromatic carbocycles. The van der Waals surface area contributed by atoms with Crippen LogP contribution >= 0.6 is 0 Å². The first kappa shape index (κ1) is 10.9. The maximum Gasteiger partial charge on any atom is 0.415 e. The minimum Gasteiger partial charge on any atom is -0.443 e. The Bertz CT molecular complexity index is 331. The molecule has 5 nitrogen and oxygen atoms in total. The summed E-state index contributed by atoms with van der Waals surface area (Å²) >= 11 is 0. The SMILES string of the molecule is NC(=O)NC(=O)OC12CC3CC(CC(C3)C1)C2. The van der Waals surface area contributed by atoms with Gasteiger partial charge in [0.2, 0.25) is 0 Å². The van der Waals surface area contributed by atoms with E-state index in [1.165, 1.54) is 19.3 Å². The third kappa shape index (κ3) is 1.98. The quantitative estimate of drug-likeness (QED) is 0.730. The molecule has 4 aliphatic carbocycles. The topological polar surface area (TPSA) is 81.4 Å². The van der Waals surface area contributed by atoms with Crippen molar-refractivity contribution in [1.29, 1.82) is 0 Å². The molecule has 94 valence electrons. The van der Waals surface area contributed by atoms with Crippen molar-refractivity contribution in [2.24, 2.45) is 23.5 Å². The maximum absolute atomic E-state index is 11.5. The van der Waals surface area contributed by atoms with Gasteiger partial charge in [-0.05, 0) is 56.3 Å². The van der Waals surface area contributed by atoms with Crippen LogP contribution in [-0.4, -0.2) is 17.7 Å². The lowest BCUT2D eigenvalue weighted by molar-refractivity contribution is -0.126. The minimum absolute atomic E-state index is 0.311. The second-order valence-electron chi connectivity index (χ2n) is 5.98. The number of hydrogen-bond donors (Lipinski definition) is 2. The number of nitrogens with two attached hydrogens (primary N) is 1. The van der Waals surface area contributed by atoms with Crippen LogP contribution in [0.25, 0.3) is 0 Å². The molecule has 0 spiro atoms. The number of ether oxygens (including phenoxy) is 1. The summed E-state index contributed by atoms with van der Waals surface area (Å²) in [6.07, 6.45) is 6.08. The zero-order valence-electron chi connectivity index (χ0n) is 9.78. The second-order valence-corrected chi connectivity index (χ2v) is 5.98. The zero-order chi connectivity index (χ0) is 12.0. The summed E-state index contributed by atoms with van der Waals surface area (Å²) in [4.78, 5) is 22.1. The van der Waals surface area contributed by atoms with Gasteiger partial charge < -0.3 is 10.5 Å². The number of alkyl carbamates (subject to hydrolysis) is 1. The third-order valence-electron chi connectivity index (χ3n) is 4.52. The molecule has 4 saturated carbocycles. The maximum atomic E-state index is 11.5. The van der Waals surface area contributed by atoms with E-state index in [2.05, 4.69) is 0 Å². The molecule has 0 saturated heterocycles. The van der Waals surface area contributed by atoms with Gasteiger partial charge in [-0.1, -0.05) is 0 Å². The molecule has 4 fully saturated rings. The summed E-state index contributed by atoms with van der Waals surface area (Å²) in [6, 6.07) is -0.847. The van der Waals surface area contributed by atoms with Gasteiger partial charge in [0.1, 0.15) is 5.60 Å². The highest BCUT2D eigenvalue weighted by Crippen LogP contribution is 2.57. The fraction of sp³-hybridized carbons (Fsp3) is 0.833. The summed E-state index contributed by atoms with van der Waals surface area (Å²) in [5.41, 5.74) is 4.60. The Kier molecular flexibility index (Phi) is 2.31. The lowest BCUT2D eigenvalue weighted by atomic mass is 9.54. The number of imide groups is 1. The average molecular weight is 238 g/mol. The Labute approximate surface area is 100 Å². The van der Waals surface area contributed by atoms with E-state index in [1.807, 2.05) is 5.32 Å². The Balaban J connectivity index is 1.70. The van der Waals surface area contributed by atoms with Crippen LogP contribution in [0.4, 0.5) is 9.59 Å². The summed E-state index contributed by atoms with van der Waals surface area (Å²) < 4.78 is 5.51. The largest absolute Gasteiger partial charge is 0.443 e. The van der Waals surface area contributed by atoms with Crippen LogP contribution in [0, 0.1) is 17.8 Å². The van der Waals surface area contributed by atoms with Crippen molar-refractivity contribution < 1.29 is 14.3 Å². The number of hydrogen-bond acceptors (Lipinski definition) is 3. The Hall–Kier alpha value is -1.26. The standard InChI is InChI=1S/C12H18N2O3/c13-10(15)14-11(16)17-12-4-7-1-8(5-12)3-9(2-7)6-12/h7-9H,1-6H2,(H3,13,14,15,16). The van der Waals surface area contributed by atoms with Crippen LogP contribution in [-0.2, 0) is 4.74 Å². The molecule has 0 aromatic heterocycles. The van der Waals surface area contributed by atoms with Crippen LogP contribution < -0.4 is 11.1 Å². The first-order valence-electron chi connectivity index (χ1n) is 6.34. The predicted octanol–water partition coefficient (Wildman–Crippen LogP) is 1.76. The molecule has 0 radical (unpaired) electrons. The minimum atomic E-state index is -0.847. The fourth-order valence-corrected chi connectivity index (χ4v) is 4.48. The highest BCUT2D eigenvalue weighted by atomic mass is 16.6. The third-order valence-corrected chi connectivity index (χ3v) is 4.52. The highest BCUT2D eigenvalue weighted by molar-refractivity contribution is 5.89. The summed E-state index contributed by atoms with van der Waals surface area (Å²) in [5.74, 6) is 2.13. The molecule has 0 aliphatic heterocycles. The number of carbonyl (C=O) groups excluding carboxylic acids is 2. The van der Waals surface area contributed by atoms with Gasteiger partial charge in [-0.3, -0.25) is 0 Å². The van der Waals surface area contributed by atoms with Gasteiger partial charge in [0.15, 0.2) is 0 Å². The molecule has 0 atom stereocenters. The predicted molar refractivity (Wildman–Crippen MR) is 60.1 cm³/mol. The summed E-state index contributed by atoms with van der Waals surface area (Å²) in [7, 11) is 0. The van der Waals surface area contributed by atoms with Crippen molar-refractivity contribution in [3.8, 4) is 0 Å². The Morgan fingerprint density at radius 3 is 1.94 bits per heavy atom.